The summed E-state index contributed by atoms with van der Waals surface area (Å²) in [6.45, 7) is 0.795. The first-order valence-corrected chi connectivity index (χ1v) is 10.4. The molecule has 0 spiro atoms. The molecule has 0 saturated carbocycles. The Morgan fingerprint density at radius 3 is 2.33 bits per heavy atom. The van der Waals surface area contributed by atoms with Crippen molar-refractivity contribution in [1.29, 1.82) is 0 Å². The summed E-state index contributed by atoms with van der Waals surface area (Å²) in [6.07, 6.45) is 1.66. The second-order valence-electron chi connectivity index (χ2n) is 6.28. The fourth-order valence-corrected chi connectivity index (χ4v) is 3.47. The van der Waals surface area contributed by atoms with Crippen LogP contribution < -0.4 is 14.9 Å². The molecule has 0 aliphatic rings. The van der Waals surface area contributed by atoms with Crippen LogP contribution in [0.25, 0.3) is 0 Å². The molecule has 0 aliphatic carbocycles. The highest BCUT2D eigenvalue weighted by Crippen LogP contribution is 2.37. The number of methoxy groups -OCH3 is 1. The van der Waals surface area contributed by atoms with Crippen LogP contribution in [0.3, 0.4) is 0 Å². The molecular formula is C22H18Cl4N2O2. The summed E-state index contributed by atoms with van der Waals surface area (Å²) in [5, 5.41) is 6.41. The maximum Gasteiger partial charge on any atom is 0.180 e. The van der Waals surface area contributed by atoms with Gasteiger partial charge < -0.3 is 14.9 Å². The van der Waals surface area contributed by atoms with Crippen molar-refractivity contribution in [2.75, 3.05) is 7.11 Å². The van der Waals surface area contributed by atoms with Crippen molar-refractivity contribution in [3.05, 3.63) is 91.4 Å². The second kappa shape index (κ2) is 10.8. The van der Waals surface area contributed by atoms with Gasteiger partial charge in [0.15, 0.2) is 11.5 Å². The van der Waals surface area contributed by atoms with Gasteiger partial charge in [-0.05, 0) is 47.5 Å². The van der Waals surface area contributed by atoms with Crippen LogP contribution in [-0.4, -0.2) is 13.3 Å². The minimum atomic E-state index is 0.224. The van der Waals surface area contributed by atoms with E-state index in [4.69, 9.17) is 55.9 Å². The summed E-state index contributed by atoms with van der Waals surface area (Å²) >= 11 is 24.4. The van der Waals surface area contributed by atoms with Crippen LogP contribution in [0.5, 0.6) is 11.5 Å². The first-order chi connectivity index (χ1) is 14.5. The normalized spacial score (nSPS) is 11.0. The van der Waals surface area contributed by atoms with Gasteiger partial charge in [-0.15, -0.1) is 0 Å². The molecule has 30 heavy (non-hydrogen) atoms. The van der Waals surface area contributed by atoms with Gasteiger partial charge in [0.25, 0.3) is 0 Å². The average molecular weight is 484 g/mol. The number of halogens is 4. The zero-order valence-corrected chi connectivity index (χ0v) is 19.0. The van der Waals surface area contributed by atoms with E-state index in [-0.39, 0.29) is 6.61 Å². The van der Waals surface area contributed by atoms with E-state index in [0.29, 0.717) is 38.1 Å². The van der Waals surface area contributed by atoms with Gasteiger partial charge in [-0.25, -0.2) is 0 Å². The standard InChI is InChI=1S/C22H18Cl4N2O2/c1-29-21-9-15(12-28-27-11-14-2-5-17(23)6-3-14)8-20(26)22(21)30-13-16-4-7-18(24)10-19(16)25/h2-10,12,27H,11,13H2,1H3/b28-12-. The highest BCUT2D eigenvalue weighted by atomic mass is 35.5. The first-order valence-electron chi connectivity index (χ1n) is 8.91. The van der Waals surface area contributed by atoms with Crippen LogP contribution in [-0.2, 0) is 13.2 Å². The van der Waals surface area contributed by atoms with Crippen molar-refractivity contribution >= 4 is 52.6 Å². The number of hydrazone groups is 1. The Balaban J connectivity index is 1.66. The van der Waals surface area contributed by atoms with Crippen molar-refractivity contribution in [2.24, 2.45) is 5.10 Å². The van der Waals surface area contributed by atoms with E-state index < -0.39 is 0 Å². The van der Waals surface area contributed by atoms with Crippen LogP contribution in [0.4, 0.5) is 0 Å². The third-order valence-electron chi connectivity index (χ3n) is 4.14. The molecule has 0 amide bonds. The smallest absolute Gasteiger partial charge is 0.180 e. The molecule has 0 unspecified atom stereocenters. The summed E-state index contributed by atoms with van der Waals surface area (Å²) in [7, 11) is 1.55. The molecule has 4 nitrogen and oxygen atoms in total. The number of hydrogen-bond donors (Lipinski definition) is 1. The van der Waals surface area contributed by atoms with Crippen molar-refractivity contribution in [3.63, 3.8) is 0 Å². The van der Waals surface area contributed by atoms with Gasteiger partial charge in [0, 0.05) is 20.6 Å². The molecule has 3 rings (SSSR count). The van der Waals surface area contributed by atoms with Crippen molar-refractivity contribution in [2.45, 2.75) is 13.2 Å². The van der Waals surface area contributed by atoms with Gasteiger partial charge in [0.1, 0.15) is 6.61 Å². The average Bonchev–Trinajstić information content (AvgIpc) is 2.72. The minimum absolute atomic E-state index is 0.224. The molecule has 0 aliphatic heterocycles. The molecule has 0 radical (unpaired) electrons. The van der Waals surface area contributed by atoms with E-state index in [1.807, 2.05) is 24.3 Å². The third kappa shape index (κ3) is 6.19. The van der Waals surface area contributed by atoms with Crippen LogP contribution in [0.1, 0.15) is 16.7 Å². The van der Waals surface area contributed by atoms with Gasteiger partial charge in [-0.3, -0.25) is 0 Å². The van der Waals surface area contributed by atoms with Crippen LogP contribution in [0, 0.1) is 0 Å². The highest BCUT2D eigenvalue weighted by molar-refractivity contribution is 6.35. The molecule has 0 fully saturated rings. The molecule has 8 heteroatoms. The maximum absolute atomic E-state index is 6.41. The number of hydrogen-bond acceptors (Lipinski definition) is 4. The highest BCUT2D eigenvalue weighted by Gasteiger charge is 2.13. The van der Waals surface area contributed by atoms with Crippen LogP contribution in [0.15, 0.2) is 59.7 Å². The van der Waals surface area contributed by atoms with E-state index >= 15 is 0 Å². The number of ether oxygens (including phenoxy) is 2. The van der Waals surface area contributed by atoms with Crippen LogP contribution in [0.2, 0.25) is 20.1 Å². The maximum atomic E-state index is 6.41. The van der Waals surface area contributed by atoms with Gasteiger partial charge in [0.2, 0.25) is 0 Å². The topological polar surface area (TPSA) is 42.8 Å². The molecule has 0 atom stereocenters. The van der Waals surface area contributed by atoms with E-state index in [9.17, 15) is 0 Å². The second-order valence-corrected chi connectivity index (χ2v) is 7.97. The Bertz CT molecular complexity index is 1040. The van der Waals surface area contributed by atoms with Gasteiger partial charge in [-0.2, -0.15) is 5.10 Å². The molecule has 0 saturated heterocycles. The lowest BCUT2D eigenvalue weighted by Crippen LogP contribution is -2.05. The van der Waals surface area contributed by atoms with E-state index in [2.05, 4.69) is 10.5 Å². The number of nitrogens with zero attached hydrogens (tertiary/aromatic N) is 1. The minimum Gasteiger partial charge on any atom is -0.493 e. The van der Waals surface area contributed by atoms with Crippen LogP contribution >= 0.6 is 46.4 Å². The molecule has 0 aromatic heterocycles. The molecule has 156 valence electrons. The quantitative estimate of drug-likeness (QED) is 0.276. The zero-order valence-electron chi connectivity index (χ0n) is 16.0. The molecule has 3 aromatic carbocycles. The largest absolute Gasteiger partial charge is 0.493 e. The summed E-state index contributed by atoms with van der Waals surface area (Å²) in [5.74, 6) is 0.920. The summed E-state index contributed by atoms with van der Waals surface area (Å²) in [5.41, 5.74) is 5.60. The lowest BCUT2D eigenvalue weighted by atomic mass is 10.2. The van der Waals surface area contributed by atoms with Gasteiger partial charge in [0.05, 0.1) is 24.9 Å². The lowest BCUT2D eigenvalue weighted by Gasteiger charge is -2.14. The van der Waals surface area contributed by atoms with E-state index in [1.54, 1.807) is 43.7 Å². The Labute approximate surface area is 195 Å². The fraction of sp³-hybridized carbons (Fsp3) is 0.136. The van der Waals surface area contributed by atoms with Crippen molar-refractivity contribution < 1.29 is 9.47 Å². The Morgan fingerprint density at radius 2 is 1.63 bits per heavy atom. The molecule has 1 N–H and O–H groups in total. The van der Waals surface area contributed by atoms with E-state index in [0.717, 1.165) is 16.7 Å². The fourth-order valence-electron chi connectivity index (χ4n) is 2.60. The Hall–Kier alpha value is -2.11. The SMILES string of the molecule is COc1cc(/C=N\NCc2ccc(Cl)cc2)cc(Cl)c1OCc1ccc(Cl)cc1Cl. The third-order valence-corrected chi connectivity index (χ3v) is 5.26. The Kier molecular flexibility index (Phi) is 8.11. The number of nitrogens with one attached hydrogen (secondary N) is 1. The first kappa shape index (κ1) is 22.6. The van der Waals surface area contributed by atoms with Gasteiger partial charge >= 0.3 is 0 Å². The number of benzene rings is 3. The molecular weight excluding hydrogens is 466 g/mol. The monoisotopic (exact) mass is 482 g/mol. The lowest BCUT2D eigenvalue weighted by molar-refractivity contribution is 0.285. The summed E-state index contributed by atoms with van der Waals surface area (Å²) in [6, 6.07) is 16.3. The number of rotatable bonds is 8. The summed E-state index contributed by atoms with van der Waals surface area (Å²) < 4.78 is 11.3. The van der Waals surface area contributed by atoms with Gasteiger partial charge in [-0.1, -0.05) is 64.6 Å². The molecule has 0 heterocycles. The molecule has 3 aromatic rings. The van der Waals surface area contributed by atoms with Crippen molar-refractivity contribution in [3.8, 4) is 11.5 Å². The summed E-state index contributed by atoms with van der Waals surface area (Å²) in [4.78, 5) is 0. The predicted molar refractivity (Wildman–Crippen MR) is 125 cm³/mol. The Morgan fingerprint density at radius 1 is 0.900 bits per heavy atom. The van der Waals surface area contributed by atoms with E-state index in [1.165, 1.54) is 0 Å². The molecule has 0 bridgehead atoms. The zero-order chi connectivity index (χ0) is 21.5. The predicted octanol–water partition coefficient (Wildman–Crippen LogP) is 7.01. The van der Waals surface area contributed by atoms with Crippen molar-refractivity contribution in [1.82, 2.24) is 5.43 Å².